The summed E-state index contributed by atoms with van der Waals surface area (Å²) in [6.07, 6.45) is 20.7. The number of carbonyl (C=O) groups excluding carboxylic acids is 6. The Morgan fingerprint density at radius 3 is 1.52 bits per heavy atom. The standard InChI is InChI=1S/C24H35NO4S.C21H33BrO2.C3H3NO2S/c1-23(29)9-7-15-14(11-23)3-4-17-16(15)8-10-24(2)18(17)5-6-19(24)20(26)12-25-21(27)13-30-22(25)28;1-20(24)9-7-14-13(11-20)3-4-16-15(14)8-10-21(2)17(16)5-6-18(21)19(23)12-22;5-2-1-7-3(6)4-2/h14-19,29H,3-13H2,1-2H3;13-18,24H,3-12H2,1-2H3;1H2,(H,4,5,6)/t14-,15+,16-,17-,18+,19-,23-,24+;13-,14+,15-,16-,17+,18-,20-,21+;/m11./s1. The third kappa shape index (κ3) is 9.02. The second-order valence-corrected chi connectivity index (χ2v) is 24.9. The van der Waals surface area contributed by atoms with E-state index < -0.39 is 11.2 Å². The van der Waals surface area contributed by atoms with Gasteiger partial charge in [-0.3, -0.25) is 39.0 Å². The van der Waals surface area contributed by atoms with Gasteiger partial charge in [0.2, 0.25) is 11.8 Å². The van der Waals surface area contributed by atoms with Gasteiger partial charge in [0.1, 0.15) is 5.78 Å². The van der Waals surface area contributed by atoms with E-state index >= 15 is 0 Å². The summed E-state index contributed by atoms with van der Waals surface area (Å²) < 4.78 is 0. The average molecular weight is 948 g/mol. The maximum Gasteiger partial charge on any atom is 0.289 e. The van der Waals surface area contributed by atoms with Gasteiger partial charge in [0.05, 0.1) is 34.6 Å². The number of rotatable bonds is 5. The molecule has 16 atom stereocenters. The Balaban J connectivity index is 0.000000148. The highest BCUT2D eigenvalue weighted by Gasteiger charge is 2.60. The van der Waals surface area contributed by atoms with Gasteiger partial charge >= 0.3 is 0 Å². The Labute approximate surface area is 380 Å². The van der Waals surface area contributed by atoms with Gasteiger partial charge in [-0.05, 0) is 199 Å². The van der Waals surface area contributed by atoms with E-state index in [4.69, 9.17) is 0 Å². The summed E-state index contributed by atoms with van der Waals surface area (Å²) in [7, 11) is 0. The minimum Gasteiger partial charge on any atom is -0.390 e. The van der Waals surface area contributed by atoms with Gasteiger partial charge in [-0.25, -0.2) is 0 Å². The molecule has 10 fully saturated rings. The molecule has 0 aromatic carbocycles. The number of hydrogen-bond acceptors (Lipinski definition) is 10. The van der Waals surface area contributed by atoms with Gasteiger partial charge in [-0.2, -0.15) is 0 Å². The van der Waals surface area contributed by atoms with Crippen molar-refractivity contribution in [1.29, 1.82) is 0 Å². The normalized spacial score (nSPS) is 47.2. The highest BCUT2D eigenvalue weighted by Crippen LogP contribution is 2.66. The summed E-state index contributed by atoms with van der Waals surface area (Å²) in [6, 6.07) is 0. The molecule has 3 N–H and O–H groups in total. The first kappa shape index (κ1) is 46.3. The van der Waals surface area contributed by atoms with Crippen LogP contribution in [0, 0.1) is 81.8 Å². The molecular formula is C48H71BrN2O8S2. The lowest BCUT2D eigenvalue weighted by Gasteiger charge is -2.56. The van der Waals surface area contributed by atoms with Gasteiger partial charge in [0.25, 0.3) is 10.5 Å². The molecule has 2 heterocycles. The number of carbonyl (C=O) groups is 6. The maximum atomic E-state index is 13.2. The number of hydrogen-bond donors (Lipinski definition) is 3. The first-order chi connectivity index (χ1) is 28.8. The van der Waals surface area contributed by atoms with Crippen molar-refractivity contribution in [3.05, 3.63) is 0 Å². The molecule has 2 aliphatic heterocycles. The Kier molecular flexibility index (Phi) is 13.5. The minimum atomic E-state index is -0.481. The molecule has 8 aliphatic carbocycles. The minimum absolute atomic E-state index is 0.0144. The quantitative estimate of drug-likeness (QED) is 0.227. The Morgan fingerprint density at radius 1 is 0.623 bits per heavy atom. The van der Waals surface area contributed by atoms with Crippen LogP contribution in [0.1, 0.15) is 143 Å². The van der Waals surface area contributed by atoms with E-state index in [1.165, 1.54) is 62.7 Å². The van der Waals surface area contributed by atoms with Gasteiger partial charge in [0.15, 0.2) is 5.78 Å². The lowest BCUT2D eigenvalue weighted by atomic mass is 9.49. The molecule has 0 aromatic heterocycles. The van der Waals surface area contributed by atoms with Gasteiger partial charge in [0, 0.05) is 11.8 Å². The van der Waals surface area contributed by atoms with Crippen LogP contribution in [0.2, 0.25) is 0 Å². The van der Waals surface area contributed by atoms with E-state index in [2.05, 4.69) is 35.1 Å². The number of alkyl halides is 1. The van der Waals surface area contributed by atoms with E-state index in [0.29, 0.717) is 40.5 Å². The number of fused-ring (bicyclic) bond motifs is 10. The summed E-state index contributed by atoms with van der Waals surface area (Å²) in [5.74, 6) is 8.46. The van der Waals surface area contributed by atoms with E-state index in [1.807, 2.05) is 13.8 Å². The van der Waals surface area contributed by atoms with Crippen molar-refractivity contribution in [1.82, 2.24) is 10.2 Å². The molecule has 10 rings (SSSR count). The zero-order valence-electron chi connectivity index (χ0n) is 37.0. The number of ketones is 2. The highest BCUT2D eigenvalue weighted by molar-refractivity contribution is 9.09. The van der Waals surface area contributed by atoms with Crippen LogP contribution in [0.25, 0.3) is 0 Å². The molecule has 8 saturated carbocycles. The molecular weight excluding hydrogens is 877 g/mol. The molecule has 0 spiro atoms. The summed E-state index contributed by atoms with van der Waals surface area (Å²) >= 11 is 5.44. The Morgan fingerprint density at radius 2 is 1.11 bits per heavy atom. The first-order valence-corrected chi connectivity index (χ1v) is 26.9. The lowest BCUT2D eigenvalue weighted by molar-refractivity contribution is -0.136. The summed E-state index contributed by atoms with van der Waals surface area (Å²) in [6.45, 7) is 8.79. The molecule has 0 unspecified atom stereocenters. The predicted octanol–water partition coefficient (Wildman–Crippen LogP) is 9.21. The highest BCUT2D eigenvalue weighted by atomic mass is 79.9. The Hall–Kier alpha value is -1.28. The van der Waals surface area contributed by atoms with E-state index in [0.717, 1.165) is 123 Å². The number of nitrogens with one attached hydrogen (secondary N) is 1. The van der Waals surface area contributed by atoms with Crippen LogP contribution in [0.4, 0.5) is 9.59 Å². The molecule has 340 valence electrons. The fourth-order valence-corrected chi connectivity index (χ4v) is 18.1. The van der Waals surface area contributed by atoms with Crippen LogP contribution < -0.4 is 5.32 Å². The number of imide groups is 2. The number of thioether (sulfide) groups is 2. The van der Waals surface area contributed by atoms with Crippen molar-refractivity contribution < 1.29 is 39.0 Å². The SMILES string of the molecule is C[C@@]1(O)CC[C@H]2[C@H](CC[C@@H]3[C@@H]2CC[C@]2(C)[C@@H](C(=O)CBr)CC[C@@H]32)C1.C[C@@]1(O)CC[C@H]2[C@H](CC[C@@H]3[C@@H]2CC[C@]2(C)[C@@H](C(=O)CN4C(=O)CSC4=O)CC[C@@H]32)C1.O=C1CSC(=O)N1. The van der Waals surface area contributed by atoms with E-state index in [1.54, 1.807) is 0 Å². The summed E-state index contributed by atoms with van der Waals surface area (Å²) in [5, 5.41) is 23.2. The van der Waals surface area contributed by atoms with Crippen molar-refractivity contribution in [2.45, 2.75) is 154 Å². The van der Waals surface area contributed by atoms with E-state index in [-0.39, 0.29) is 57.1 Å². The van der Waals surface area contributed by atoms with E-state index in [9.17, 15) is 39.0 Å². The van der Waals surface area contributed by atoms with Crippen LogP contribution in [-0.4, -0.2) is 83.6 Å². The number of aliphatic hydroxyl groups is 2. The van der Waals surface area contributed by atoms with Crippen molar-refractivity contribution in [3.8, 4) is 0 Å². The molecule has 0 aromatic rings. The molecule has 10 nitrogen and oxygen atoms in total. The van der Waals surface area contributed by atoms with Crippen LogP contribution in [0.5, 0.6) is 0 Å². The molecule has 0 radical (unpaired) electrons. The summed E-state index contributed by atoms with van der Waals surface area (Å²) in [5.41, 5.74) is -0.619. The summed E-state index contributed by atoms with van der Waals surface area (Å²) in [4.78, 5) is 71.0. The molecule has 4 amide bonds. The first-order valence-electron chi connectivity index (χ1n) is 23.8. The van der Waals surface area contributed by atoms with Crippen molar-refractivity contribution >= 4 is 73.3 Å². The second kappa shape index (κ2) is 17.8. The monoisotopic (exact) mass is 946 g/mol. The third-order valence-electron chi connectivity index (χ3n) is 19.1. The number of amides is 4. The van der Waals surface area contributed by atoms with Gasteiger partial charge < -0.3 is 10.2 Å². The predicted molar refractivity (Wildman–Crippen MR) is 242 cm³/mol. The molecule has 2 saturated heterocycles. The topological polar surface area (TPSA) is 158 Å². The zero-order chi connectivity index (χ0) is 43.6. The van der Waals surface area contributed by atoms with Crippen LogP contribution in [0.15, 0.2) is 0 Å². The fraction of sp³-hybridized carbons (Fsp3) is 0.875. The van der Waals surface area contributed by atoms with Crippen LogP contribution in [-0.2, 0) is 19.2 Å². The maximum absolute atomic E-state index is 13.2. The number of nitrogens with zero attached hydrogens (tertiary/aromatic N) is 1. The number of Topliss-reactive ketones (excluding diaryl/α,β-unsaturated/α-hetero) is 2. The second-order valence-electron chi connectivity index (χ2n) is 22.4. The smallest absolute Gasteiger partial charge is 0.289 e. The largest absolute Gasteiger partial charge is 0.390 e. The van der Waals surface area contributed by atoms with Crippen molar-refractivity contribution in [2.75, 3.05) is 23.4 Å². The molecule has 61 heavy (non-hydrogen) atoms. The Bertz CT molecular complexity index is 1730. The van der Waals surface area contributed by atoms with Crippen LogP contribution >= 0.6 is 39.5 Å². The average Bonchev–Trinajstić information content (AvgIpc) is 3.97. The van der Waals surface area contributed by atoms with Gasteiger partial charge in [-0.1, -0.05) is 53.3 Å². The zero-order valence-corrected chi connectivity index (χ0v) is 40.2. The lowest BCUT2D eigenvalue weighted by Crippen LogP contribution is -2.51. The molecule has 13 heteroatoms. The molecule has 0 bridgehead atoms. The molecule has 10 aliphatic rings. The fourth-order valence-electron chi connectivity index (χ4n) is 16.4. The van der Waals surface area contributed by atoms with Crippen molar-refractivity contribution in [3.63, 3.8) is 0 Å². The van der Waals surface area contributed by atoms with Crippen molar-refractivity contribution in [2.24, 2.45) is 81.8 Å². The third-order valence-corrected chi connectivity index (χ3v) is 21.3. The number of halogens is 1. The van der Waals surface area contributed by atoms with Crippen LogP contribution in [0.3, 0.4) is 0 Å². The van der Waals surface area contributed by atoms with Gasteiger partial charge in [-0.15, -0.1) is 0 Å².